The third-order valence-corrected chi connectivity index (χ3v) is 7.49. The highest BCUT2D eigenvalue weighted by Crippen LogP contribution is 2.35. The standard InChI is InChI=1S/C28H23N3O4S2/c1-4-13-35-28(33)24-17(3)23(27(32)34-5-2)26(37-24)30-15-19(14-29)25-31-22(16-36-25)21-12-8-10-18-9-6-7-11-20(18)21/h4,6-12,15-16,30H,1,5,13H2,2-3H3/b19-15-. The molecule has 7 nitrogen and oxygen atoms in total. The molecule has 0 amide bonds. The number of nitrogens with zero attached hydrogens (tertiary/aromatic N) is 2. The number of anilines is 1. The minimum Gasteiger partial charge on any atom is -0.462 e. The summed E-state index contributed by atoms with van der Waals surface area (Å²) >= 11 is 2.41. The number of carbonyl (C=O) groups excluding carboxylic acids is 2. The zero-order valence-electron chi connectivity index (χ0n) is 20.2. The van der Waals surface area contributed by atoms with Crippen LogP contribution >= 0.6 is 22.7 Å². The van der Waals surface area contributed by atoms with Crippen molar-refractivity contribution >= 4 is 56.0 Å². The molecule has 2 aromatic carbocycles. The summed E-state index contributed by atoms with van der Waals surface area (Å²) in [6, 6.07) is 16.2. The number of thiophene rings is 1. The highest BCUT2D eigenvalue weighted by molar-refractivity contribution is 7.18. The molecule has 37 heavy (non-hydrogen) atoms. The highest BCUT2D eigenvalue weighted by atomic mass is 32.1. The van der Waals surface area contributed by atoms with Gasteiger partial charge in [0, 0.05) is 17.1 Å². The third kappa shape index (κ3) is 5.45. The average molecular weight is 530 g/mol. The molecule has 0 spiro atoms. The van der Waals surface area contributed by atoms with Gasteiger partial charge in [-0.25, -0.2) is 14.6 Å². The van der Waals surface area contributed by atoms with E-state index < -0.39 is 11.9 Å². The summed E-state index contributed by atoms with van der Waals surface area (Å²) in [6.07, 6.45) is 2.95. The van der Waals surface area contributed by atoms with Crippen LogP contribution in [0.3, 0.4) is 0 Å². The molecule has 4 aromatic rings. The second-order valence-electron chi connectivity index (χ2n) is 7.75. The van der Waals surface area contributed by atoms with Gasteiger partial charge in [0.05, 0.1) is 17.9 Å². The Labute approximate surface area is 222 Å². The van der Waals surface area contributed by atoms with E-state index in [4.69, 9.17) is 14.5 Å². The number of ether oxygens (including phenoxy) is 2. The number of carbonyl (C=O) groups is 2. The normalized spacial score (nSPS) is 11.1. The van der Waals surface area contributed by atoms with Gasteiger partial charge in [0.15, 0.2) is 0 Å². The summed E-state index contributed by atoms with van der Waals surface area (Å²) in [5.74, 6) is -1.13. The Morgan fingerprint density at radius 1 is 1.16 bits per heavy atom. The molecule has 0 fully saturated rings. The minimum absolute atomic E-state index is 0.0508. The molecule has 9 heteroatoms. The maximum Gasteiger partial charge on any atom is 0.348 e. The zero-order valence-corrected chi connectivity index (χ0v) is 21.9. The van der Waals surface area contributed by atoms with Gasteiger partial charge in [-0.1, -0.05) is 55.1 Å². The van der Waals surface area contributed by atoms with E-state index in [0.717, 1.165) is 33.4 Å². The molecule has 0 aliphatic heterocycles. The van der Waals surface area contributed by atoms with Crippen LogP contribution in [0.25, 0.3) is 27.6 Å². The second-order valence-corrected chi connectivity index (χ2v) is 9.63. The summed E-state index contributed by atoms with van der Waals surface area (Å²) in [6.45, 7) is 7.14. The fourth-order valence-corrected chi connectivity index (χ4v) is 5.55. The molecular weight excluding hydrogens is 506 g/mol. The fraction of sp³-hybridized carbons (Fsp3) is 0.143. The lowest BCUT2D eigenvalue weighted by molar-refractivity contribution is 0.0527. The number of rotatable bonds is 9. The first kappa shape index (κ1) is 25.8. The number of nitriles is 1. The summed E-state index contributed by atoms with van der Waals surface area (Å²) in [7, 11) is 0. The predicted octanol–water partition coefficient (Wildman–Crippen LogP) is 6.83. The molecule has 0 saturated carbocycles. The molecule has 4 rings (SSSR count). The highest BCUT2D eigenvalue weighted by Gasteiger charge is 2.26. The van der Waals surface area contributed by atoms with E-state index >= 15 is 0 Å². The van der Waals surface area contributed by atoms with E-state index in [-0.39, 0.29) is 29.2 Å². The van der Waals surface area contributed by atoms with Gasteiger partial charge < -0.3 is 14.8 Å². The number of hydrogen-bond acceptors (Lipinski definition) is 9. The second kappa shape index (κ2) is 11.6. The van der Waals surface area contributed by atoms with Crippen LogP contribution in [0.15, 0.2) is 66.7 Å². The van der Waals surface area contributed by atoms with Gasteiger partial charge in [0.25, 0.3) is 0 Å². The quantitative estimate of drug-likeness (QED) is 0.144. The SMILES string of the molecule is C=CCOC(=O)c1sc(N/C=C(/C#N)c2nc(-c3cccc4ccccc34)cs2)c(C(=O)OCC)c1C. The zero-order chi connectivity index (χ0) is 26.4. The summed E-state index contributed by atoms with van der Waals surface area (Å²) < 4.78 is 10.3. The first-order chi connectivity index (χ1) is 18.0. The van der Waals surface area contributed by atoms with Crippen molar-refractivity contribution < 1.29 is 19.1 Å². The first-order valence-corrected chi connectivity index (χ1v) is 13.1. The Morgan fingerprint density at radius 3 is 2.70 bits per heavy atom. The number of thiazole rings is 1. The van der Waals surface area contributed by atoms with Gasteiger partial charge in [0.2, 0.25) is 0 Å². The molecular formula is C28H23N3O4S2. The van der Waals surface area contributed by atoms with Crippen molar-refractivity contribution in [3.05, 3.63) is 87.7 Å². The predicted molar refractivity (Wildman–Crippen MR) is 148 cm³/mol. The van der Waals surface area contributed by atoms with E-state index in [1.807, 2.05) is 47.8 Å². The van der Waals surface area contributed by atoms with Gasteiger partial charge >= 0.3 is 11.9 Å². The van der Waals surface area contributed by atoms with E-state index in [1.165, 1.54) is 23.6 Å². The molecule has 2 aromatic heterocycles. The maximum atomic E-state index is 12.7. The van der Waals surface area contributed by atoms with Crippen LogP contribution in [0.5, 0.6) is 0 Å². The van der Waals surface area contributed by atoms with E-state index in [1.54, 1.807) is 13.8 Å². The summed E-state index contributed by atoms with van der Waals surface area (Å²) in [5.41, 5.74) is 2.70. The van der Waals surface area contributed by atoms with Crippen LogP contribution in [-0.2, 0) is 9.47 Å². The summed E-state index contributed by atoms with van der Waals surface area (Å²) in [4.78, 5) is 30.1. The number of fused-ring (bicyclic) bond motifs is 1. The number of benzene rings is 2. The van der Waals surface area contributed by atoms with Crippen LogP contribution < -0.4 is 5.32 Å². The molecule has 0 unspecified atom stereocenters. The topological polar surface area (TPSA) is 101 Å². The van der Waals surface area contributed by atoms with Gasteiger partial charge in [-0.2, -0.15) is 5.26 Å². The Bertz CT molecular complexity index is 1550. The lowest BCUT2D eigenvalue weighted by atomic mass is 10.0. The van der Waals surface area contributed by atoms with Gasteiger partial charge in [-0.15, -0.1) is 22.7 Å². The number of esters is 2. The Morgan fingerprint density at radius 2 is 1.95 bits per heavy atom. The van der Waals surface area contributed by atoms with E-state index in [2.05, 4.69) is 18.0 Å². The maximum absolute atomic E-state index is 12.7. The number of aromatic nitrogens is 1. The molecule has 0 aliphatic carbocycles. The number of hydrogen-bond donors (Lipinski definition) is 1. The van der Waals surface area contributed by atoms with E-state index in [0.29, 0.717) is 15.6 Å². The van der Waals surface area contributed by atoms with Crippen LogP contribution in [0.2, 0.25) is 0 Å². The Kier molecular flexibility index (Phi) is 8.13. The molecule has 0 radical (unpaired) electrons. The lowest BCUT2D eigenvalue weighted by Gasteiger charge is -2.05. The van der Waals surface area contributed by atoms with Crippen molar-refractivity contribution in [1.82, 2.24) is 4.98 Å². The fourth-order valence-electron chi connectivity index (χ4n) is 3.71. The van der Waals surface area contributed by atoms with Crippen molar-refractivity contribution in [2.75, 3.05) is 18.5 Å². The average Bonchev–Trinajstić information content (AvgIpc) is 3.52. The van der Waals surface area contributed by atoms with Crippen molar-refractivity contribution in [3.8, 4) is 17.3 Å². The van der Waals surface area contributed by atoms with Crippen LogP contribution in [0.1, 0.15) is 37.5 Å². The third-order valence-electron chi connectivity index (χ3n) is 5.41. The Hall–Kier alpha value is -4.26. The van der Waals surface area contributed by atoms with Crippen molar-refractivity contribution in [1.29, 1.82) is 5.26 Å². The van der Waals surface area contributed by atoms with Crippen molar-refractivity contribution in [3.63, 3.8) is 0 Å². The monoisotopic (exact) mass is 529 g/mol. The number of allylic oxidation sites excluding steroid dienone is 1. The van der Waals surface area contributed by atoms with Gasteiger partial charge in [0.1, 0.15) is 33.1 Å². The summed E-state index contributed by atoms with van der Waals surface area (Å²) in [5, 5.41) is 17.9. The molecule has 0 atom stereocenters. The van der Waals surface area contributed by atoms with Gasteiger partial charge in [-0.3, -0.25) is 0 Å². The van der Waals surface area contributed by atoms with Gasteiger partial charge in [-0.05, 0) is 30.2 Å². The minimum atomic E-state index is -0.569. The molecule has 0 bridgehead atoms. The molecule has 2 heterocycles. The number of nitrogens with one attached hydrogen (secondary N) is 1. The van der Waals surface area contributed by atoms with Crippen LogP contribution in [-0.4, -0.2) is 30.1 Å². The lowest BCUT2D eigenvalue weighted by Crippen LogP contribution is -2.09. The molecule has 0 aliphatic rings. The Balaban J connectivity index is 1.67. The largest absolute Gasteiger partial charge is 0.462 e. The van der Waals surface area contributed by atoms with Crippen LogP contribution in [0.4, 0.5) is 5.00 Å². The molecule has 186 valence electrons. The van der Waals surface area contributed by atoms with Crippen molar-refractivity contribution in [2.45, 2.75) is 13.8 Å². The van der Waals surface area contributed by atoms with E-state index in [9.17, 15) is 14.9 Å². The molecule has 1 N–H and O–H groups in total. The smallest absolute Gasteiger partial charge is 0.348 e. The van der Waals surface area contributed by atoms with Crippen molar-refractivity contribution in [2.24, 2.45) is 0 Å². The van der Waals surface area contributed by atoms with Crippen LogP contribution in [0, 0.1) is 18.3 Å². The first-order valence-electron chi connectivity index (χ1n) is 11.4. The molecule has 0 saturated heterocycles.